The van der Waals surface area contributed by atoms with Crippen molar-refractivity contribution in [2.24, 2.45) is 13.0 Å². The summed E-state index contributed by atoms with van der Waals surface area (Å²) >= 11 is 2.43. The minimum absolute atomic E-state index is 0.0187. The fraction of sp³-hybridized carbons (Fsp3) is 0.375. The van der Waals surface area contributed by atoms with Crippen molar-refractivity contribution < 1.29 is 9.18 Å². The third-order valence-electron chi connectivity index (χ3n) is 9.05. The van der Waals surface area contributed by atoms with Gasteiger partial charge in [-0.3, -0.25) is 18.6 Å². The van der Waals surface area contributed by atoms with Gasteiger partial charge in [-0.1, -0.05) is 50.5 Å². The minimum Gasteiger partial charge on any atom is -0.338 e. The summed E-state index contributed by atoms with van der Waals surface area (Å²) in [4.78, 5) is 30.0. The van der Waals surface area contributed by atoms with E-state index in [1.165, 1.54) is 28.2 Å². The van der Waals surface area contributed by atoms with Crippen molar-refractivity contribution in [1.29, 1.82) is 0 Å². The summed E-state index contributed by atoms with van der Waals surface area (Å²) in [5, 5.41) is 10.4. The molecular formula is C32H36BFIN7O2. The van der Waals surface area contributed by atoms with E-state index in [1.54, 1.807) is 47.0 Å². The molecule has 2 aliphatic rings. The van der Waals surface area contributed by atoms with Gasteiger partial charge in [0.15, 0.2) is 5.82 Å². The van der Waals surface area contributed by atoms with Crippen molar-refractivity contribution in [3.8, 4) is 11.5 Å². The molecule has 12 heteroatoms. The summed E-state index contributed by atoms with van der Waals surface area (Å²) in [5.41, 5.74) is 2.78. The number of hydrogen-bond acceptors (Lipinski definition) is 4. The van der Waals surface area contributed by atoms with Crippen LogP contribution in [0.1, 0.15) is 50.3 Å². The molecule has 2 unspecified atom stereocenters. The third-order valence-corrected chi connectivity index (χ3v) is 10.2. The highest BCUT2D eigenvalue weighted by atomic mass is 127. The number of rotatable bonds is 7. The maximum atomic E-state index is 15.7. The van der Waals surface area contributed by atoms with E-state index < -0.39 is 11.5 Å². The van der Waals surface area contributed by atoms with Gasteiger partial charge in [-0.25, -0.2) is 13.9 Å². The predicted molar refractivity (Wildman–Crippen MR) is 181 cm³/mol. The first-order valence-corrected chi connectivity index (χ1v) is 16.7. The SMILES string of the molecule is C=C/C=C\C(=C/C)n1nc2c(c1-n1ccn(-c3ccc4c(cnn4C)c3F)c1=O)CN(C(=O)C1CCCCCC1BI)CC2. The van der Waals surface area contributed by atoms with Crippen LogP contribution in [0.4, 0.5) is 4.39 Å². The summed E-state index contributed by atoms with van der Waals surface area (Å²) in [6.07, 6.45) is 18.0. The first-order chi connectivity index (χ1) is 21.4. The Labute approximate surface area is 269 Å². The van der Waals surface area contributed by atoms with Crippen molar-refractivity contribution in [2.45, 2.75) is 57.8 Å². The number of allylic oxidation sites excluding steroid dienone is 5. The van der Waals surface area contributed by atoms with E-state index in [0.29, 0.717) is 42.0 Å². The third kappa shape index (κ3) is 5.30. The van der Waals surface area contributed by atoms with E-state index in [9.17, 15) is 9.59 Å². The molecule has 9 nitrogen and oxygen atoms in total. The van der Waals surface area contributed by atoms with Gasteiger partial charge in [0.25, 0.3) is 0 Å². The lowest BCUT2D eigenvalue weighted by atomic mass is 9.72. The van der Waals surface area contributed by atoms with Crippen LogP contribution in [0.2, 0.25) is 5.82 Å². The van der Waals surface area contributed by atoms with Gasteiger partial charge >= 0.3 is 5.69 Å². The molecule has 228 valence electrons. The molecule has 0 spiro atoms. The average molecular weight is 707 g/mol. The molecule has 0 radical (unpaired) electrons. The zero-order valence-electron chi connectivity index (χ0n) is 25.1. The Balaban J connectivity index is 1.45. The lowest BCUT2D eigenvalue weighted by Gasteiger charge is -2.32. The number of aryl methyl sites for hydroxylation is 1. The Kier molecular flexibility index (Phi) is 8.79. The molecule has 1 aliphatic heterocycles. The predicted octanol–water partition coefficient (Wildman–Crippen LogP) is 5.49. The Hall–Kier alpha value is -3.68. The van der Waals surface area contributed by atoms with Crippen LogP contribution in [-0.2, 0) is 24.8 Å². The molecule has 1 aromatic carbocycles. The second kappa shape index (κ2) is 12.7. The van der Waals surface area contributed by atoms with E-state index in [-0.39, 0.29) is 17.5 Å². The lowest BCUT2D eigenvalue weighted by molar-refractivity contribution is -0.136. The van der Waals surface area contributed by atoms with Crippen molar-refractivity contribution >= 4 is 50.0 Å². The van der Waals surface area contributed by atoms with E-state index in [2.05, 4.69) is 34.1 Å². The molecule has 44 heavy (non-hydrogen) atoms. The van der Waals surface area contributed by atoms with Crippen LogP contribution in [0, 0.1) is 11.7 Å². The van der Waals surface area contributed by atoms with E-state index >= 15 is 4.39 Å². The maximum Gasteiger partial charge on any atom is 0.338 e. The Morgan fingerprint density at radius 1 is 1.18 bits per heavy atom. The molecule has 0 saturated heterocycles. The summed E-state index contributed by atoms with van der Waals surface area (Å²) in [6.45, 7) is 6.66. The van der Waals surface area contributed by atoms with Crippen molar-refractivity contribution in [1.82, 2.24) is 33.6 Å². The van der Waals surface area contributed by atoms with Gasteiger partial charge in [-0.2, -0.15) is 32.6 Å². The first kappa shape index (κ1) is 30.4. The second-order valence-corrected chi connectivity index (χ2v) is 12.4. The smallest absolute Gasteiger partial charge is 0.338 e. The molecular weight excluding hydrogens is 671 g/mol. The van der Waals surface area contributed by atoms with Crippen molar-refractivity contribution in [3.05, 3.63) is 89.2 Å². The summed E-state index contributed by atoms with van der Waals surface area (Å²) < 4.78 is 21.8. The van der Waals surface area contributed by atoms with Gasteiger partial charge < -0.3 is 4.90 Å². The average Bonchev–Trinajstić information content (AvgIpc) is 3.65. The molecule has 0 N–H and O–H groups in total. The number of carbonyl (C=O) groups excluding carboxylic acids is 1. The number of hydrogen-bond donors (Lipinski definition) is 0. The number of fused-ring (bicyclic) bond motifs is 2. The van der Waals surface area contributed by atoms with Crippen LogP contribution in [-0.4, -0.2) is 51.2 Å². The molecule has 1 saturated carbocycles. The fourth-order valence-electron chi connectivity index (χ4n) is 6.65. The van der Waals surface area contributed by atoms with Crippen LogP contribution >= 0.6 is 22.4 Å². The molecule has 4 heterocycles. The van der Waals surface area contributed by atoms with Crippen LogP contribution in [0.5, 0.6) is 0 Å². The molecule has 0 bridgehead atoms. The molecule has 1 aliphatic carbocycles. The highest BCUT2D eigenvalue weighted by molar-refractivity contribution is 14.1. The zero-order chi connectivity index (χ0) is 31.0. The summed E-state index contributed by atoms with van der Waals surface area (Å²) in [6, 6.07) is 3.35. The lowest BCUT2D eigenvalue weighted by Crippen LogP contribution is -2.41. The van der Waals surface area contributed by atoms with Gasteiger partial charge in [-0.15, -0.1) is 0 Å². The normalized spacial score (nSPS) is 19.4. The molecule has 2 atom stereocenters. The van der Waals surface area contributed by atoms with Crippen molar-refractivity contribution in [3.63, 3.8) is 0 Å². The second-order valence-electron chi connectivity index (χ2n) is 11.6. The van der Waals surface area contributed by atoms with Gasteiger partial charge in [0.2, 0.25) is 11.0 Å². The van der Waals surface area contributed by atoms with Crippen molar-refractivity contribution in [2.75, 3.05) is 6.54 Å². The Morgan fingerprint density at radius 2 is 1.98 bits per heavy atom. The van der Waals surface area contributed by atoms with Crippen LogP contribution in [0.15, 0.2) is 66.4 Å². The minimum atomic E-state index is -0.515. The Morgan fingerprint density at radius 3 is 2.75 bits per heavy atom. The highest BCUT2D eigenvalue weighted by Crippen LogP contribution is 2.37. The summed E-state index contributed by atoms with van der Waals surface area (Å²) in [7, 11) is 1.75. The monoisotopic (exact) mass is 707 g/mol. The van der Waals surface area contributed by atoms with Gasteiger partial charge in [0.1, 0.15) is 5.82 Å². The largest absolute Gasteiger partial charge is 0.338 e. The number of carbonyl (C=O) groups is 1. The number of nitrogens with zero attached hydrogens (tertiary/aromatic N) is 7. The molecule has 6 rings (SSSR count). The Bertz CT molecular complexity index is 1850. The number of amides is 1. The van der Waals surface area contributed by atoms with Crippen LogP contribution < -0.4 is 5.69 Å². The standard InChI is InChI=1S/C32H36BFIN7O2/c1-4-6-10-21(5-2)42-30(41-18-17-40(32(41)44)28-14-13-27-23(29(28)34)19-36-38(27)3)24-20-39(16-15-26(24)37-42)31(43)22-11-8-7-9-12-25(22)33-35/h4-6,10,13-14,17-19,22,25,33H,1,7-9,11-12,15-16,20H2,2-3H3/b10-6-,21-5+. The highest BCUT2D eigenvalue weighted by Gasteiger charge is 2.36. The van der Waals surface area contributed by atoms with E-state index in [0.717, 1.165) is 41.4 Å². The van der Waals surface area contributed by atoms with Gasteiger partial charge in [0.05, 0.1) is 40.7 Å². The van der Waals surface area contributed by atoms with Gasteiger partial charge in [0, 0.05) is 43.9 Å². The zero-order valence-corrected chi connectivity index (χ0v) is 27.3. The van der Waals surface area contributed by atoms with Gasteiger partial charge in [-0.05, 0) is 37.4 Å². The first-order valence-electron chi connectivity index (χ1n) is 15.2. The van der Waals surface area contributed by atoms with E-state index in [4.69, 9.17) is 5.10 Å². The molecule has 1 amide bonds. The number of halogens is 2. The quantitative estimate of drug-likeness (QED) is 0.110. The summed E-state index contributed by atoms with van der Waals surface area (Å²) in [5.74, 6) is 0.644. The number of imidazole rings is 1. The molecule has 3 aromatic heterocycles. The molecule has 1 fully saturated rings. The number of benzene rings is 1. The van der Waals surface area contributed by atoms with E-state index in [1.807, 2.05) is 30.1 Å². The van der Waals surface area contributed by atoms with Crippen LogP contribution in [0.25, 0.3) is 28.1 Å². The fourth-order valence-corrected chi connectivity index (χ4v) is 7.70. The molecule has 4 aromatic rings. The topological polar surface area (TPSA) is 82.9 Å². The maximum absolute atomic E-state index is 15.7. The van der Waals surface area contributed by atoms with Crippen LogP contribution in [0.3, 0.4) is 0 Å². The number of aromatic nitrogens is 6.